The number of thioether (sulfide) groups is 1. The van der Waals surface area contributed by atoms with Gasteiger partial charge in [-0.15, -0.1) is 11.8 Å². The van der Waals surface area contributed by atoms with Crippen LogP contribution in [-0.2, 0) is 6.54 Å². The zero-order valence-corrected chi connectivity index (χ0v) is 11.1. The number of benzene rings is 1. The van der Waals surface area contributed by atoms with Gasteiger partial charge in [0.1, 0.15) is 10.8 Å². The predicted octanol–water partition coefficient (Wildman–Crippen LogP) is 2.69. The van der Waals surface area contributed by atoms with E-state index in [-0.39, 0.29) is 0 Å². The minimum absolute atomic E-state index is 0.773. The summed E-state index contributed by atoms with van der Waals surface area (Å²) in [6, 6.07) is 5.97. The Morgan fingerprint density at radius 1 is 1.39 bits per heavy atom. The summed E-state index contributed by atoms with van der Waals surface area (Å²) in [7, 11) is 1.68. The highest BCUT2D eigenvalue weighted by Crippen LogP contribution is 2.30. The van der Waals surface area contributed by atoms with Gasteiger partial charge in [0.25, 0.3) is 0 Å². The lowest BCUT2D eigenvalue weighted by molar-refractivity contribution is 0.414. The SMILES string of the molecule is COc1ccc2c(c1)Cn1ccnc1C(SC)=N2. The average Bonchev–Trinajstić information content (AvgIpc) is 2.79. The first kappa shape index (κ1) is 11.3. The molecule has 4 nitrogen and oxygen atoms in total. The Labute approximate surface area is 110 Å². The fourth-order valence-corrected chi connectivity index (χ4v) is 2.58. The number of hydrogen-bond donors (Lipinski definition) is 0. The predicted molar refractivity (Wildman–Crippen MR) is 74.0 cm³/mol. The fraction of sp³-hybridized carbons (Fsp3) is 0.231. The van der Waals surface area contributed by atoms with Gasteiger partial charge in [-0.05, 0) is 24.5 Å². The largest absolute Gasteiger partial charge is 0.497 e. The van der Waals surface area contributed by atoms with Crippen molar-refractivity contribution >= 4 is 22.5 Å². The fourth-order valence-electron chi connectivity index (χ4n) is 2.04. The maximum absolute atomic E-state index is 5.27. The van der Waals surface area contributed by atoms with E-state index in [1.54, 1.807) is 18.9 Å². The molecular weight excluding hydrogens is 246 g/mol. The van der Waals surface area contributed by atoms with Crippen LogP contribution in [0.2, 0.25) is 0 Å². The molecule has 1 aromatic carbocycles. The second-order valence-corrected chi connectivity index (χ2v) is 4.79. The second kappa shape index (κ2) is 4.49. The molecule has 0 bridgehead atoms. The summed E-state index contributed by atoms with van der Waals surface area (Å²) < 4.78 is 7.38. The van der Waals surface area contributed by atoms with Crippen LogP contribution >= 0.6 is 11.8 Å². The number of aliphatic imine (C=N–C) groups is 1. The number of imidazole rings is 1. The summed E-state index contributed by atoms with van der Waals surface area (Å²) in [5.41, 5.74) is 2.14. The molecule has 0 N–H and O–H groups in total. The first-order valence-electron chi connectivity index (χ1n) is 5.63. The number of rotatable bonds is 1. The zero-order valence-electron chi connectivity index (χ0n) is 10.3. The number of fused-ring (bicyclic) bond motifs is 2. The minimum Gasteiger partial charge on any atom is -0.497 e. The van der Waals surface area contributed by atoms with Crippen LogP contribution in [0.15, 0.2) is 35.6 Å². The van der Waals surface area contributed by atoms with E-state index in [9.17, 15) is 0 Å². The first-order valence-corrected chi connectivity index (χ1v) is 6.85. The lowest BCUT2D eigenvalue weighted by Crippen LogP contribution is -2.06. The third-order valence-corrected chi connectivity index (χ3v) is 3.61. The van der Waals surface area contributed by atoms with E-state index in [4.69, 9.17) is 4.74 Å². The van der Waals surface area contributed by atoms with E-state index >= 15 is 0 Å². The van der Waals surface area contributed by atoms with Crippen molar-refractivity contribution in [3.63, 3.8) is 0 Å². The Hall–Kier alpha value is -1.75. The Kier molecular flexibility index (Phi) is 2.83. The van der Waals surface area contributed by atoms with Gasteiger partial charge in [0, 0.05) is 18.0 Å². The van der Waals surface area contributed by atoms with Crippen LogP contribution in [0.1, 0.15) is 11.4 Å². The van der Waals surface area contributed by atoms with Crippen molar-refractivity contribution < 1.29 is 4.74 Å². The summed E-state index contributed by atoms with van der Waals surface area (Å²) in [6.45, 7) is 0.773. The van der Waals surface area contributed by atoms with Crippen LogP contribution in [-0.4, -0.2) is 28.0 Å². The van der Waals surface area contributed by atoms with Crippen molar-refractivity contribution in [3.8, 4) is 5.75 Å². The van der Waals surface area contributed by atoms with Crippen LogP contribution in [0, 0.1) is 0 Å². The number of methoxy groups -OCH3 is 1. The normalized spacial score (nSPS) is 13.3. The smallest absolute Gasteiger partial charge is 0.165 e. The summed E-state index contributed by atoms with van der Waals surface area (Å²) in [6.07, 6.45) is 5.81. The second-order valence-electron chi connectivity index (χ2n) is 3.99. The third kappa shape index (κ3) is 1.80. The third-order valence-electron chi connectivity index (χ3n) is 2.95. The monoisotopic (exact) mass is 259 g/mol. The molecule has 18 heavy (non-hydrogen) atoms. The molecule has 0 spiro atoms. The van der Waals surface area contributed by atoms with E-state index < -0.39 is 0 Å². The molecule has 0 unspecified atom stereocenters. The van der Waals surface area contributed by atoms with Crippen molar-refractivity contribution in [2.24, 2.45) is 4.99 Å². The van der Waals surface area contributed by atoms with Crippen LogP contribution in [0.4, 0.5) is 5.69 Å². The molecule has 3 rings (SSSR count). The molecule has 5 heteroatoms. The van der Waals surface area contributed by atoms with Gasteiger partial charge < -0.3 is 9.30 Å². The molecular formula is C13H13N3OS. The van der Waals surface area contributed by atoms with Crippen LogP contribution in [0.25, 0.3) is 0 Å². The minimum atomic E-state index is 0.773. The van der Waals surface area contributed by atoms with Crippen molar-refractivity contribution in [3.05, 3.63) is 42.0 Å². The van der Waals surface area contributed by atoms with E-state index in [0.29, 0.717) is 0 Å². The van der Waals surface area contributed by atoms with Crippen molar-refractivity contribution in [1.29, 1.82) is 0 Å². The highest BCUT2D eigenvalue weighted by atomic mass is 32.2. The Balaban J connectivity index is 2.17. The Morgan fingerprint density at radius 2 is 2.28 bits per heavy atom. The summed E-state index contributed by atoms with van der Waals surface area (Å²) in [5.74, 6) is 1.79. The van der Waals surface area contributed by atoms with E-state index in [2.05, 4.69) is 14.5 Å². The van der Waals surface area contributed by atoms with Gasteiger partial charge in [0.15, 0.2) is 5.82 Å². The van der Waals surface area contributed by atoms with Crippen molar-refractivity contribution in [1.82, 2.24) is 9.55 Å². The average molecular weight is 259 g/mol. The first-order chi connectivity index (χ1) is 8.81. The molecule has 2 aromatic rings. The summed E-state index contributed by atoms with van der Waals surface area (Å²) in [5, 5.41) is 0.948. The van der Waals surface area contributed by atoms with Crippen LogP contribution in [0.3, 0.4) is 0 Å². The Bertz CT molecular complexity index is 618. The molecule has 0 saturated heterocycles. The molecule has 0 atom stereocenters. The molecule has 1 aliphatic rings. The van der Waals surface area contributed by atoms with Crippen molar-refractivity contribution in [2.45, 2.75) is 6.54 Å². The van der Waals surface area contributed by atoms with Crippen LogP contribution in [0.5, 0.6) is 5.75 Å². The van der Waals surface area contributed by atoms with E-state index in [0.717, 1.165) is 34.4 Å². The lowest BCUT2D eigenvalue weighted by Gasteiger charge is -2.07. The van der Waals surface area contributed by atoms with Gasteiger partial charge in [-0.25, -0.2) is 9.98 Å². The number of aromatic nitrogens is 2. The summed E-state index contributed by atoms with van der Waals surface area (Å²) >= 11 is 1.62. The lowest BCUT2D eigenvalue weighted by atomic mass is 10.1. The molecule has 1 aromatic heterocycles. The highest BCUT2D eigenvalue weighted by molar-refractivity contribution is 8.13. The molecule has 0 aliphatic carbocycles. The van der Waals surface area contributed by atoms with Gasteiger partial charge in [-0.3, -0.25) is 0 Å². The molecule has 0 fully saturated rings. The quantitative estimate of drug-likeness (QED) is 0.790. The van der Waals surface area contributed by atoms with E-state index in [1.165, 1.54) is 0 Å². The van der Waals surface area contributed by atoms with Gasteiger partial charge >= 0.3 is 0 Å². The Morgan fingerprint density at radius 3 is 3.06 bits per heavy atom. The van der Waals surface area contributed by atoms with Crippen molar-refractivity contribution in [2.75, 3.05) is 13.4 Å². The van der Waals surface area contributed by atoms with Gasteiger partial charge in [0.05, 0.1) is 19.3 Å². The topological polar surface area (TPSA) is 39.4 Å². The number of nitrogens with zero attached hydrogens (tertiary/aromatic N) is 3. The maximum Gasteiger partial charge on any atom is 0.165 e. The summed E-state index contributed by atoms with van der Waals surface area (Å²) in [4.78, 5) is 9.06. The zero-order chi connectivity index (χ0) is 12.5. The number of ether oxygens (including phenoxy) is 1. The molecule has 92 valence electrons. The number of hydrogen-bond acceptors (Lipinski definition) is 4. The standard InChI is InChI=1S/C13H13N3OS/c1-17-10-3-4-11-9(7-10)8-16-6-5-14-12(16)13(15-11)18-2/h3-7H,8H2,1-2H3. The molecule has 0 amide bonds. The molecule has 1 aliphatic heterocycles. The van der Waals surface area contributed by atoms with Gasteiger partial charge in [-0.2, -0.15) is 0 Å². The highest BCUT2D eigenvalue weighted by Gasteiger charge is 2.17. The van der Waals surface area contributed by atoms with Crippen LogP contribution < -0.4 is 4.74 Å². The molecule has 0 saturated carbocycles. The van der Waals surface area contributed by atoms with Gasteiger partial charge in [0.2, 0.25) is 0 Å². The molecule has 0 radical (unpaired) electrons. The molecule has 2 heterocycles. The maximum atomic E-state index is 5.27. The van der Waals surface area contributed by atoms with E-state index in [1.807, 2.05) is 36.8 Å². The van der Waals surface area contributed by atoms with Gasteiger partial charge in [-0.1, -0.05) is 0 Å².